The summed E-state index contributed by atoms with van der Waals surface area (Å²) in [6.07, 6.45) is 0.237. The van der Waals surface area contributed by atoms with Crippen molar-refractivity contribution < 1.29 is 27.2 Å². The highest BCUT2D eigenvalue weighted by Gasteiger charge is 2.50. The van der Waals surface area contributed by atoms with Gasteiger partial charge < -0.3 is 5.32 Å². The van der Waals surface area contributed by atoms with E-state index in [0.29, 0.717) is 12.8 Å². The minimum absolute atomic E-state index is 0.0497. The molecule has 1 rings (SSSR count). The minimum Gasteiger partial charge on any atom is -0.350 e. The number of halogens is 5. The van der Waals surface area contributed by atoms with E-state index >= 15 is 0 Å². The lowest BCUT2D eigenvalue weighted by atomic mass is 9.77. The van der Waals surface area contributed by atoms with Crippen LogP contribution in [0.5, 0.6) is 0 Å². The van der Waals surface area contributed by atoms with Gasteiger partial charge in [-0.05, 0) is 12.8 Å². The zero-order valence-electron chi connectivity index (χ0n) is 11.4. The Bertz CT molecular complexity index is 382. The lowest BCUT2D eigenvalue weighted by molar-refractivity contribution is -0.170. The maximum atomic E-state index is 12.9. The molecule has 1 aliphatic carbocycles. The number of ketones is 1. The van der Waals surface area contributed by atoms with Gasteiger partial charge in [-0.1, -0.05) is 41.6 Å². The maximum absolute atomic E-state index is 12.9. The predicted octanol–water partition coefficient (Wildman–Crippen LogP) is 3.31. The molecule has 0 saturated heterocycles. The second-order valence-electron chi connectivity index (χ2n) is 5.36. The first-order chi connectivity index (χ1) is 9.76. The quantitative estimate of drug-likeness (QED) is 0.439. The number of nitrogens with one attached hydrogen (secondary N) is 1. The van der Waals surface area contributed by atoms with E-state index in [-0.39, 0.29) is 17.7 Å². The van der Waals surface area contributed by atoms with E-state index < -0.39 is 23.7 Å². The van der Waals surface area contributed by atoms with Gasteiger partial charge in [-0.3, -0.25) is 9.59 Å². The zero-order valence-corrected chi connectivity index (χ0v) is 13.0. The summed E-state index contributed by atoms with van der Waals surface area (Å²) in [7, 11) is 0. The van der Waals surface area contributed by atoms with E-state index in [1.165, 1.54) is 0 Å². The van der Waals surface area contributed by atoms with E-state index in [0.717, 1.165) is 25.7 Å². The van der Waals surface area contributed by atoms with E-state index in [1.807, 2.05) is 5.32 Å². The van der Waals surface area contributed by atoms with Crippen molar-refractivity contribution in [3.8, 4) is 0 Å². The number of hydrogen-bond donors (Lipinski definition) is 1. The van der Waals surface area contributed by atoms with Crippen LogP contribution in [0.3, 0.4) is 0 Å². The lowest BCUT2D eigenvalue weighted by Gasteiger charge is -2.31. The van der Waals surface area contributed by atoms with Crippen molar-refractivity contribution >= 4 is 27.6 Å². The first-order valence-corrected chi connectivity index (χ1v) is 7.92. The second-order valence-corrected chi connectivity index (χ2v) is 5.92. The third-order valence-electron chi connectivity index (χ3n) is 3.94. The van der Waals surface area contributed by atoms with Crippen LogP contribution in [0, 0.1) is 5.41 Å². The number of hydrogen-bond acceptors (Lipinski definition) is 2. The van der Waals surface area contributed by atoms with Gasteiger partial charge in [0.05, 0.1) is 5.33 Å². The molecule has 1 saturated carbocycles. The van der Waals surface area contributed by atoms with Crippen molar-refractivity contribution in [1.29, 1.82) is 0 Å². The molecule has 1 N–H and O–H groups in total. The molecule has 0 atom stereocenters. The van der Waals surface area contributed by atoms with Crippen LogP contribution in [0.2, 0.25) is 0 Å². The van der Waals surface area contributed by atoms with Gasteiger partial charge >= 0.3 is 12.3 Å². The number of Topliss-reactive ketones (excluding diaryl/α,β-unsaturated/α-hetero) is 1. The summed E-state index contributed by atoms with van der Waals surface area (Å²) in [5.74, 6) is -6.95. The van der Waals surface area contributed by atoms with Crippen LogP contribution in [-0.2, 0) is 9.59 Å². The summed E-state index contributed by atoms with van der Waals surface area (Å²) < 4.78 is 50.1. The molecule has 0 radical (unpaired) electrons. The van der Waals surface area contributed by atoms with Gasteiger partial charge in [-0.15, -0.1) is 0 Å². The highest BCUT2D eigenvalue weighted by atomic mass is 79.9. The molecule has 3 nitrogen and oxygen atoms in total. The van der Waals surface area contributed by atoms with E-state index in [2.05, 4.69) is 15.9 Å². The smallest absolute Gasteiger partial charge is 0.350 e. The molecule has 0 aromatic carbocycles. The maximum Gasteiger partial charge on any atom is 0.383 e. The number of amides is 1. The van der Waals surface area contributed by atoms with Gasteiger partial charge in [0, 0.05) is 12.0 Å². The Kier molecular flexibility index (Phi) is 6.62. The molecular weight excluding hydrogens is 358 g/mol. The average Bonchev–Trinajstić information content (AvgIpc) is 2.70. The molecule has 122 valence electrons. The van der Waals surface area contributed by atoms with Crippen LogP contribution >= 0.6 is 15.9 Å². The number of carbonyl (C=O) groups is 2. The summed E-state index contributed by atoms with van der Waals surface area (Å²) in [5, 5.41) is 1.90. The summed E-state index contributed by atoms with van der Waals surface area (Å²) in [4.78, 5) is 23.3. The number of alkyl halides is 5. The summed E-state index contributed by atoms with van der Waals surface area (Å²) >= 11 is 3.05. The van der Waals surface area contributed by atoms with Gasteiger partial charge in [-0.25, -0.2) is 8.78 Å². The number of rotatable bonds is 6. The van der Waals surface area contributed by atoms with Crippen LogP contribution in [-0.4, -0.2) is 35.9 Å². The first kappa shape index (κ1) is 18.4. The number of carbonyl (C=O) groups excluding carboxylic acids is 2. The SMILES string of the molecule is O=C(CBr)C1(CNC(=O)C(F)(F)C(F)F)CCCCCC1. The van der Waals surface area contributed by atoms with Gasteiger partial charge in [-0.2, -0.15) is 8.78 Å². The molecule has 0 aromatic rings. The summed E-state index contributed by atoms with van der Waals surface area (Å²) in [6.45, 7) is -0.321. The van der Waals surface area contributed by atoms with Crippen molar-refractivity contribution in [2.45, 2.75) is 50.9 Å². The molecule has 0 aliphatic heterocycles. The molecule has 0 bridgehead atoms. The molecule has 1 amide bonds. The molecule has 0 spiro atoms. The van der Waals surface area contributed by atoms with Crippen LogP contribution in [0.4, 0.5) is 17.6 Å². The lowest BCUT2D eigenvalue weighted by Crippen LogP contribution is -2.50. The first-order valence-electron chi connectivity index (χ1n) is 6.80. The Morgan fingerprint density at radius 2 is 1.67 bits per heavy atom. The molecule has 0 unspecified atom stereocenters. The largest absolute Gasteiger partial charge is 0.383 e. The van der Waals surface area contributed by atoms with E-state index in [9.17, 15) is 27.2 Å². The highest BCUT2D eigenvalue weighted by molar-refractivity contribution is 9.09. The second kappa shape index (κ2) is 7.56. The third-order valence-corrected chi connectivity index (χ3v) is 4.45. The normalized spacial score (nSPS) is 19.1. The minimum atomic E-state index is -4.73. The van der Waals surface area contributed by atoms with Crippen molar-refractivity contribution in [2.75, 3.05) is 11.9 Å². The van der Waals surface area contributed by atoms with Gasteiger partial charge in [0.15, 0.2) is 5.78 Å². The molecule has 8 heteroatoms. The monoisotopic (exact) mass is 375 g/mol. The highest BCUT2D eigenvalue weighted by Crippen LogP contribution is 2.36. The Hall–Kier alpha value is -0.660. The Morgan fingerprint density at radius 3 is 2.10 bits per heavy atom. The molecule has 1 aliphatic rings. The van der Waals surface area contributed by atoms with Crippen LogP contribution < -0.4 is 5.32 Å². The van der Waals surface area contributed by atoms with Crippen LogP contribution in [0.15, 0.2) is 0 Å². The van der Waals surface area contributed by atoms with Crippen molar-refractivity contribution in [1.82, 2.24) is 5.32 Å². The van der Waals surface area contributed by atoms with E-state index in [4.69, 9.17) is 0 Å². The van der Waals surface area contributed by atoms with Crippen molar-refractivity contribution in [3.05, 3.63) is 0 Å². The predicted molar refractivity (Wildman–Crippen MR) is 72.9 cm³/mol. The third kappa shape index (κ3) is 4.40. The van der Waals surface area contributed by atoms with E-state index in [1.54, 1.807) is 0 Å². The average molecular weight is 376 g/mol. The standard InChI is InChI=1S/C13H18BrF4NO2/c14-7-9(20)12(5-3-1-2-4-6-12)8-19-11(21)13(17,18)10(15)16/h10H,1-8H2,(H,19,21). The fraction of sp³-hybridized carbons (Fsp3) is 0.846. The fourth-order valence-electron chi connectivity index (χ4n) is 2.57. The van der Waals surface area contributed by atoms with Gasteiger partial charge in [0.2, 0.25) is 0 Å². The van der Waals surface area contributed by atoms with Crippen molar-refractivity contribution in [2.24, 2.45) is 5.41 Å². The molecule has 0 heterocycles. The van der Waals surface area contributed by atoms with Crippen LogP contribution in [0.25, 0.3) is 0 Å². The molecule has 0 aromatic heterocycles. The summed E-state index contributed by atoms with van der Waals surface area (Å²) in [5.41, 5.74) is -0.937. The Morgan fingerprint density at radius 1 is 1.14 bits per heavy atom. The molecular formula is C13H18BrF4NO2. The Balaban J connectivity index is 2.79. The zero-order chi connectivity index (χ0) is 16.1. The van der Waals surface area contributed by atoms with Gasteiger partial charge in [0.1, 0.15) is 0 Å². The molecule has 1 fully saturated rings. The summed E-state index contributed by atoms with van der Waals surface area (Å²) in [6, 6.07) is 0. The van der Waals surface area contributed by atoms with Crippen LogP contribution in [0.1, 0.15) is 38.5 Å². The topological polar surface area (TPSA) is 46.2 Å². The molecule has 21 heavy (non-hydrogen) atoms. The van der Waals surface area contributed by atoms with Gasteiger partial charge in [0.25, 0.3) is 5.91 Å². The van der Waals surface area contributed by atoms with Crippen molar-refractivity contribution in [3.63, 3.8) is 0 Å². The fourth-order valence-corrected chi connectivity index (χ4v) is 3.16. The Labute approximate surface area is 129 Å².